The first-order valence-corrected chi connectivity index (χ1v) is 8.97. The molecule has 0 saturated heterocycles. The zero-order valence-corrected chi connectivity index (χ0v) is 15.2. The normalized spacial score (nSPS) is 20.6. The highest BCUT2D eigenvalue weighted by Crippen LogP contribution is 2.31. The van der Waals surface area contributed by atoms with Gasteiger partial charge >= 0.3 is 5.97 Å². The van der Waals surface area contributed by atoms with Gasteiger partial charge in [0, 0.05) is 21.2 Å². The molecule has 2 aliphatic carbocycles. The average molecular weight is 398 g/mol. The number of carbonyl (C=O) groups excluding carboxylic acids is 1. The SMILES string of the molecule is C.CC(=O)C(O)C(N)CC1CCC1.FF.NC(CC1CCC1)C(O)C(=O)O. The van der Waals surface area contributed by atoms with Crippen molar-refractivity contribution >= 4 is 11.8 Å². The fourth-order valence-corrected chi connectivity index (χ4v) is 2.97. The van der Waals surface area contributed by atoms with Gasteiger partial charge in [-0.3, -0.25) is 4.79 Å². The molecule has 0 aliphatic heterocycles. The highest BCUT2D eigenvalue weighted by atomic mass is 20.0. The molecule has 0 aromatic carbocycles. The molecule has 7 N–H and O–H groups in total. The summed E-state index contributed by atoms with van der Waals surface area (Å²) in [6, 6.07) is -0.958. The number of rotatable bonds is 8. The Bertz CT molecular complexity index is 383. The van der Waals surface area contributed by atoms with Crippen LogP contribution in [0.15, 0.2) is 0 Å². The van der Waals surface area contributed by atoms with Crippen LogP contribution in [0.4, 0.5) is 9.15 Å². The molecule has 27 heavy (non-hydrogen) atoms. The third-order valence-electron chi connectivity index (χ3n) is 5.14. The van der Waals surface area contributed by atoms with Crippen LogP contribution < -0.4 is 11.5 Å². The number of hydrogen-bond acceptors (Lipinski definition) is 6. The fraction of sp³-hybridized carbons (Fsp3) is 0.889. The minimum atomic E-state index is -1.40. The Balaban J connectivity index is 0. The fourth-order valence-electron chi connectivity index (χ4n) is 2.97. The number of halogens is 2. The smallest absolute Gasteiger partial charge is 0.334 e. The largest absolute Gasteiger partial charge is 0.479 e. The molecule has 0 spiro atoms. The Morgan fingerprint density at radius 1 is 0.926 bits per heavy atom. The standard InChI is InChI=1S/C9H17NO2.C8H15NO3.CH4.F2/c1-6(11)9(12)8(10)5-7-3-2-4-7;9-6(7(10)8(11)12)4-5-2-1-3-5;;1-2/h7-9,12H,2-5,10H2,1H3;5-7,10H,1-4,9H2,(H,11,12);1H4;. The lowest BCUT2D eigenvalue weighted by molar-refractivity contribution is -0.148. The number of aliphatic hydroxyl groups excluding tert-OH is 2. The van der Waals surface area contributed by atoms with Gasteiger partial charge in [-0.2, -0.15) is 0 Å². The molecular formula is C18H36F2N2O5. The van der Waals surface area contributed by atoms with Crippen LogP contribution in [0.1, 0.15) is 65.7 Å². The second kappa shape index (κ2) is 14.8. The summed E-state index contributed by atoms with van der Waals surface area (Å²) in [5, 5.41) is 26.8. The molecule has 2 saturated carbocycles. The van der Waals surface area contributed by atoms with Crippen molar-refractivity contribution in [2.75, 3.05) is 0 Å². The van der Waals surface area contributed by atoms with E-state index in [0.717, 1.165) is 19.3 Å². The van der Waals surface area contributed by atoms with Crippen molar-refractivity contribution in [1.29, 1.82) is 0 Å². The summed E-state index contributed by atoms with van der Waals surface area (Å²) in [6.45, 7) is 1.38. The van der Waals surface area contributed by atoms with Crippen LogP contribution in [0.3, 0.4) is 0 Å². The van der Waals surface area contributed by atoms with Crippen LogP contribution in [-0.2, 0) is 9.59 Å². The first kappa shape index (κ1) is 28.1. The highest BCUT2D eigenvalue weighted by Gasteiger charge is 2.28. The van der Waals surface area contributed by atoms with Gasteiger partial charge in [0.15, 0.2) is 11.9 Å². The number of nitrogens with two attached hydrogens (primary N) is 2. The van der Waals surface area contributed by atoms with Gasteiger partial charge in [-0.1, -0.05) is 46.0 Å². The second-order valence-electron chi connectivity index (χ2n) is 7.23. The lowest BCUT2D eigenvalue weighted by atomic mass is 9.80. The van der Waals surface area contributed by atoms with Gasteiger partial charge in [0.1, 0.15) is 6.10 Å². The number of aliphatic carboxylic acids is 1. The summed E-state index contributed by atoms with van der Waals surface area (Å²) >= 11 is 0. The van der Waals surface area contributed by atoms with Crippen molar-refractivity contribution in [1.82, 2.24) is 0 Å². The molecule has 4 unspecified atom stereocenters. The van der Waals surface area contributed by atoms with Crippen molar-refractivity contribution in [3.63, 3.8) is 0 Å². The predicted molar refractivity (Wildman–Crippen MR) is 99.1 cm³/mol. The van der Waals surface area contributed by atoms with Crippen LogP contribution in [0, 0.1) is 11.8 Å². The van der Waals surface area contributed by atoms with E-state index in [2.05, 4.69) is 0 Å². The zero-order chi connectivity index (χ0) is 20.3. The highest BCUT2D eigenvalue weighted by molar-refractivity contribution is 5.80. The van der Waals surface area contributed by atoms with E-state index in [4.69, 9.17) is 30.8 Å². The quantitative estimate of drug-likeness (QED) is 0.419. The third-order valence-corrected chi connectivity index (χ3v) is 5.14. The third kappa shape index (κ3) is 10.7. The molecule has 162 valence electrons. The Morgan fingerprint density at radius 2 is 1.26 bits per heavy atom. The first-order chi connectivity index (χ1) is 12.2. The topological polar surface area (TPSA) is 147 Å². The number of aliphatic hydroxyl groups is 2. The Kier molecular flexibility index (Phi) is 15.4. The van der Waals surface area contributed by atoms with Crippen molar-refractivity contribution in [2.24, 2.45) is 23.3 Å². The van der Waals surface area contributed by atoms with E-state index in [1.165, 1.54) is 32.6 Å². The van der Waals surface area contributed by atoms with Gasteiger partial charge in [-0.15, -0.1) is 0 Å². The monoisotopic (exact) mass is 398 g/mol. The number of ketones is 1. The van der Waals surface area contributed by atoms with E-state index < -0.39 is 24.2 Å². The van der Waals surface area contributed by atoms with Crippen molar-refractivity contribution in [3.05, 3.63) is 0 Å². The molecule has 0 bridgehead atoms. The maximum Gasteiger partial charge on any atom is 0.334 e. The number of carboxylic acids is 1. The maximum absolute atomic E-state index is 10.7. The van der Waals surface area contributed by atoms with Crippen LogP contribution in [0.5, 0.6) is 0 Å². The number of carbonyl (C=O) groups is 2. The predicted octanol–water partition coefficient (Wildman–Crippen LogP) is 1.88. The minimum absolute atomic E-state index is 0. The Hall–Kier alpha value is -1.16. The molecule has 4 atom stereocenters. The minimum Gasteiger partial charge on any atom is -0.479 e. The molecule has 0 aromatic rings. The van der Waals surface area contributed by atoms with E-state index in [0.29, 0.717) is 18.3 Å². The van der Waals surface area contributed by atoms with Crippen LogP contribution in [0.2, 0.25) is 0 Å². The lowest BCUT2D eigenvalue weighted by Crippen LogP contribution is -2.42. The van der Waals surface area contributed by atoms with Gasteiger partial charge in [-0.05, 0) is 31.6 Å². The van der Waals surface area contributed by atoms with Crippen molar-refractivity contribution in [3.8, 4) is 0 Å². The van der Waals surface area contributed by atoms with Crippen molar-refractivity contribution < 1.29 is 34.1 Å². The molecule has 2 fully saturated rings. The summed E-state index contributed by atoms with van der Waals surface area (Å²) in [7, 11) is 0. The summed E-state index contributed by atoms with van der Waals surface area (Å²) in [5.41, 5.74) is 11.2. The van der Waals surface area contributed by atoms with Gasteiger partial charge in [0.25, 0.3) is 0 Å². The van der Waals surface area contributed by atoms with E-state index in [1.807, 2.05) is 0 Å². The summed E-state index contributed by atoms with van der Waals surface area (Å²) in [6.07, 6.45) is 6.22. The van der Waals surface area contributed by atoms with Gasteiger partial charge in [-0.25, -0.2) is 4.79 Å². The Labute approximate surface area is 160 Å². The number of carboxylic acid groups (broad SMARTS) is 1. The van der Waals surface area contributed by atoms with Crippen LogP contribution >= 0.6 is 0 Å². The molecular weight excluding hydrogens is 362 g/mol. The molecule has 0 amide bonds. The van der Waals surface area contributed by atoms with Crippen LogP contribution in [-0.4, -0.2) is 51.4 Å². The van der Waals surface area contributed by atoms with Crippen LogP contribution in [0.25, 0.3) is 0 Å². The zero-order valence-electron chi connectivity index (χ0n) is 15.2. The van der Waals surface area contributed by atoms with Crippen molar-refractivity contribution in [2.45, 2.75) is 90.0 Å². The summed E-state index contributed by atoms with van der Waals surface area (Å²) < 4.78 is 16.0. The molecule has 0 radical (unpaired) electrons. The molecule has 9 heteroatoms. The van der Waals surface area contributed by atoms with E-state index in [-0.39, 0.29) is 19.3 Å². The lowest BCUT2D eigenvalue weighted by Gasteiger charge is -2.29. The molecule has 0 heterocycles. The van der Waals surface area contributed by atoms with Gasteiger partial charge in [0.2, 0.25) is 0 Å². The van der Waals surface area contributed by atoms with E-state index >= 15 is 0 Å². The number of Topliss-reactive ketones (excluding diaryl/α,β-unsaturated/α-hetero) is 1. The summed E-state index contributed by atoms with van der Waals surface area (Å²) in [4.78, 5) is 21.0. The first-order valence-electron chi connectivity index (χ1n) is 8.97. The molecule has 0 aromatic heterocycles. The van der Waals surface area contributed by atoms with E-state index in [1.54, 1.807) is 0 Å². The Morgan fingerprint density at radius 3 is 1.48 bits per heavy atom. The molecule has 2 aliphatic rings. The maximum atomic E-state index is 10.7. The number of hydrogen-bond donors (Lipinski definition) is 5. The molecule has 7 nitrogen and oxygen atoms in total. The average Bonchev–Trinajstić information content (AvgIpc) is 2.54. The van der Waals surface area contributed by atoms with Gasteiger partial charge < -0.3 is 26.8 Å². The second-order valence-corrected chi connectivity index (χ2v) is 7.23. The van der Waals surface area contributed by atoms with Gasteiger partial charge in [0.05, 0.1) is 0 Å². The van der Waals surface area contributed by atoms with E-state index in [9.17, 15) is 14.7 Å². The molecule has 2 rings (SSSR count). The summed E-state index contributed by atoms with van der Waals surface area (Å²) in [5.74, 6) is -0.258.